The lowest BCUT2D eigenvalue weighted by atomic mass is 10.4. The van der Waals surface area contributed by atoms with E-state index in [2.05, 4.69) is 11.9 Å². The zero-order valence-corrected chi connectivity index (χ0v) is 9.01. The predicted octanol–water partition coefficient (Wildman–Crippen LogP) is 3.64. The molecule has 0 aliphatic rings. The fraction of sp³-hybridized carbons (Fsp3) is 0.375. The van der Waals surface area contributed by atoms with Gasteiger partial charge in [-0.3, -0.25) is 0 Å². The predicted molar refractivity (Wildman–Crippen MR) is 56.1 cm³/mol. The highest BCUT2D eigenvalue weighted by Gasteiger charge is 2.01. The fourth-order valence-corrected chi connectivity index (χ4v) is 1.79. The molecule has 0 radical (unpaired) electrons. The van der Waals surface area contributed by atoms with Crippen LogP contribution in [0.15, 0.2) is 12.1 Å². The summed E-state index contributed by atoms with van der Waals surface area (Å²) in [6.45, 7) is 2.10. The molecule has 66 valence electrons. The molecule has 0 aliphatic carbocycles. The van der Waals surface area contributed by atoms with Crippen LogP contribution in [0.3, 0.4) is 0 Å². The van der Waals surface area contributed by atoms with E-state index in [0.717, 1.165) is 17.2 Å². The smallest absolute Gasteiger partial charge is 0.129 e. The van der Waals surface area contributed by atoms with Crippen LogP contribution in [0.4, 0.5) is 0 Å². The van der Waals surface area contributed by atoms with Crippen molar-refractivity contribution in [3.63, 3.8) is 0 Å². The molecule has 0 aliphatic heterocycles. The Morgan fingerprint density at radius 1 is 1.42 bits per heavy atom. The van der Waals surface area contributed by atoms with Crippen molar-refractivity contribution in [3.05, 3.63) is 28.0 Å². The van der Waals surface area contributed by atoms with E-state index in [9.17, 15) is 0 Å². The normalized spacial score (nSPS) is 10.2. The first kappa shape index (κ1) is 10.2. The van der Waals surface area contributed by atoms with E-state index in [1.54, 1.807) is 23.9 Å². The van der Waals surface area contributed by atoms with Gasteiger partial charge in [0.15, 0.2) is 0 Å². The fourth-order valence-electron chi connectivity index (χ4n) is 0.758. The first-order chi connectivity index (χ1) is 5.74. The molecular weight excluding hydrogens is 213 g/mol. The van der Waals surface area contributed by atoms with Gasteiger partial charge in [-0.05, 0) is 17.9 Å². The summed E-state index contributed by atoms with van der Waals surface area (Å²) >= 11 is 13.4. The van der Waals surface area contributed by atoms with Gasteiger partial charge in [-0.25, -0.2) is 4.98 Å². The van der Waals surface area contributed by atoms with Crippen molar-refractivity contribution in [2.45, 2.75) is 12.7 Å². The Balaban J connectivity index is 2.75. The molecule has 0 saturated heterocycles. The van der Waals surface area contributed by atoms with Crippen molar-refractivity contribution in [3.8, 4) is 0 Å². The largest absolute Gasteiger partial charge is 0.239 e. The van der Waals surface area contributed by atoms with Gasteiger partial charge in [0.1, 0.15) is 5.15 Å². The van der Waals surface area contributed by atoms with E-state index in [0.29, 0.717) is 10.2 Å². The van der Waals surface area contributed by atoms with Gasteiger partial charge in [0.05, 0.1) is 10.7 Å². The number of aromatic nitrogens is 1. The second-order valence-corrected chi connectivity index (χ2v) is 4.27. The minimum Gasteiger partial charge on any atom is -0.239 e. The van der Waals surface area contributed by atoms with Crippen LogP contribution in [0.25, 0.3) is 0 Å². The van der Waals surface area contributed by atoms with Crippen molar-refractivity contribution in [2.75, 3.05) is 5.75 Å². The van der Waals surface area contributed by atoms with Crippen LogP contribution < -0.4 is 0 Å². The second kappa shape index (κ2) is 4.95. The molecule has 0 aromatic carbocycles. The van der Waals surface area contributed by atoms with E-state index >= 15 is 0 Å². The molecule has 1 aromatic rings. The Kier molecular flexibility index (Phi) is 4.19. The summed E-state index contributed by atoms with van der Waals surface area (Å²) in [6, 6.07) is 3.48. The molecule has 12 heavy (non-hydrogen) atoms. The molecule has 0 atom stereocenters. The summed E-state index contributed by atoms with van der Waals surface area (Å²) in [4.78, 5) is 4.12. The molecule has 0 fully saturated rings. The van der Waals surface area contributed by atoms with Crippen LogP contribution in [0.5, 0.6) is 0 Å². The highest BCUT2D eigenvalue weighted by atomic mass is 35.5. The first-order valence-electron chi connectivity index (χ1n) is 3.62. The summed E-state index contributed by atoms with van der Waals surface area (Å²) in [6.07, 6.45) is 0. The molecule has 0 spiro atoms. The quantitative estimate of drug-likeness (QED) is 0.724. The van der Waals surface area contributed by atoms with Gasteiger partial charge in [-0.2, -0.15) is 11.8 Å². The molecule has 0 bridgehead atoms. The highest BCUT2D eigenvalue weighted by molar-refractivity contribution is 7.98. The number of hydrogen-bond donors (Lipinski definition) is 0. The SMILES string of the molecule is CCSCc1nc(Cl)ccc1Cl. The van der Waals surface area contributed by atoms with Crippen LogP contribution in [0, 0.1) is 0 Å². The van der Waals surface area contributed by atoms with Crippen molar-refractivity contribution >= 4 is 35.0 Å². The van der Waals surface area contributed by atoms with Gasteiger partial charge in [0.25, 0.3) is 0 Å². The van der Waals surface area contributed by atoms with E-state index in [1.807, 2.05) is 0 Å². The van der Waals surface area contributed by atoms with Crippen molar-refractivity contribution in [1.82, 2.24) is 4.98 Å². The standard InChI is InChI=1S/C8H9Cl2NS/c1-2-12-5-7-6(9)3-4-8(10)11-7/h3-4H,2,5H2,1H3. The Labute approximate surface area is 86.5 Å². The summed E-state index contributed by atoms with van der Waals surface area (Å²) in [5.74, 6) is 1.89. The minimum atomic E-state index is 0.506. The Bertz CT molecular complexity index is 265. The average Bonchev–Trinajstić information content (AvgIpc) is 2.07. The van der Waals surface area contributed by atoms with Gasteiger partial charge in [-0.15, -0.1) is 0 Å². The number of halogens is 2. The van der Waals surface area contributed by atoms with Crippen LogP contribution >= 0.6 is 35.0 Å². The summed E-state index contributed by atoms with van der Waals surface area (Å²) in [7, 11) is 0. The molecule has 0 saturated carbocycles. The third kappa shape index (κ3) is 2.85. The third-order valence-electron chi connectivity index (χ3n) is 1.33. The Morgan fingerprint density at radius 3 is 2.83 bits per heavy atom. The van der Waals surface area contributed by atoms with Gasteiger partial charge in [0, 0.05) is 5.75 Å². The van der Waals surface area contributed by atoms with Crippen molar-refractivity contribution in [2.24, 2.45) is 0 Å². The second-order valence-electron chi connectivity index (χ2n) is 2.20. The Hall–Kier alpha value is 0.0800. The average molecular weight is 222 g/mol. The lowest BCUT2D eigenvalue weighted by Gasteiger charge is -2.01. The highest BCUT2D eigenvalue weighted by Crippen LogP contribution is 2.20. The zero-order chi connectivity index (χ0) is 8.97. The van der Waals surface area contributed by atoms with Crippen LogP contribution in [0.2, 0.25) is 10.2 Å². The number of hydrogen-bond acceptors (Lipinski definition) is 2. The molecule has 0 unspecified atom stereocenters. The molecule has 0 amide bonds. The minimum absolute atomic E-state index is 0.506. The first-order valence-corrected chi connectivity index (χ1v) is 5.53. The molecule has 1 rings (SSSR count). The van der Waals surface area contributed by atoms with Gasteiger partial charge in [-0.1, -0.05) is 30.1 Å². The van der Waals surface area contributed by atoms with Gasteiger partial charge < -0.3 is 0 Å². The van der Waals surface area contributed by atoms with Crippen LogP contribution in [-0.4, -0.2) is 10.7 Å². The maximum absolute atomic E-state index is 5.90. The molecule has 1 heterocycles. The summed E-state index contributed by atoms with van der Waals surface area (Å²) in [5.41, 5.74) is 0.871. The maximum Gasteiger partial charge on any atom is 0.129 e. The number of pyridine rings is 1. The molecule has 1 nitrogen and oxygen atoms in total. The van der Waals surface area contributed by atoms with E-state index in [-0.39, 0.29) is 0 Å². The van der Waals surface area contributed by atoms with E-state index < -0.39 is 0 Å². The number of thioether (sulfide) groups is 1. The molecule has 1 aromatic heterocycles. The monoisotopic (exact) mass is 221 g/mol. The van der Waals surface area contributed by atoms with Gasteiger partial charge in [0.2, 0.25) is 0 Å². The van der Waals surface area contributed by atoms with Gasteiger partial charge >= 0.3 is 0 Å². The maximum atomic E-state index is 5.90. The van der Waals surface area contributed by atoms with Crippen molar-refractivity contribution in [1.29, 1.82) is 0 Å². The lowest BCUT2D eigenvalue weighted by molar-refractivity contribution is 1.17. The summed E-state index contributed by atoms with van der Waals surface area (Å²) < 4.78 is 0. The number of nitrogens with zero attached hydrogens (tertiary/aromatic N) is 1. The third-order valence-corrected chi connectivity index (χ3v) is 2.77. The number of rotatable bonds is 3. The molecule has 4 heteroatoms. The van der Waals surface area contributed by atoms with E-state index in [1.165, 1.54) is 0 Å². The topological polar surface area (TPSA) is 12.9 Å². The van der Waals surface area contributed by atoms with Crippen LogP contribution in [0.1, 0.15) is 12.6 Å². The molecule has 0 N–H and O–H groups in total. The van der Waals surface area contributed by atoms with Crippen LogP contribution in [-0.2, 0) is 5.75 Å². The molecular formula is C8H9Cl2NS. The Morgan fingerprint density at radius 2 is 2.17 bits per heavy atom. The zero-order valence-electron chi connectivity index (χ0n) is 6.68. The van der Waals surface area contributed by atoms with Crippen molar-refractivity contribution < 1.29 is 0 Å². The van der Waals surface area contributed by atoms with E-state index in [4.69, 9.17) is 23.2 Å². The summed E-state index contributed by atoms with van der Waals surface area (Å²) in [5, 5.41) is 1.20. The lowest BCUT2D eigenvalue weighted by Crippen LogP contribution is -1.88.